The standard InChI is InChI=1S/C28H50N4O5/c1-11-37-24(33)17-30(9)27(35)21(8)16-23(18(2)3)31(10)28(36)25(19(4)5)29-26(34)22-14-12-13-15-32(22)20(6)7/h16,18-20,22-23,25H,11-15,17H2,1-10H3,(H,29,34)/t22-,23?,25+/m1/s1. The SMILES string of the molecule is CCOC(=O)CN(C)C(=O)C(C)=CC(C(C)C)N(C)C(=O)[C@@H](NC(=O)[C@H]1CCCCN1C(C)C)C(C)C. The summed E-state index contributed by atoms with van der Waals surface area (Å²) in [4.78, 5) is 56.8. The summed E-state index contributed by atoms with van der Waals surface area (Å²) in [6, 6.07) is -1.02. The van der Waals surface area contributed by atoms with Crippen LogP contribution in [0.2, 0.25) is 0 Å². The van der Waals surface area contributed by atoms with Crippen molar-refractivity contribution in [1.29, 1.82) is 0 Å². The lowest BCUT2D eigenvalue weighted by molar-refractivity contribution is -0.147. The molecule has 3 atom stereocenters. The van der Waals surface area contributed by atoms with Crippen molar-refractivity contribution in [2.45, 2.75) is 98.8 Å². The van der Waals surface area contributed by atoms with Gasteiger partial charge in [0.1, 0.15) is 12.6 Å². The van der Waals surface area contributed by atoms with Gasteiger partial charge in [-0.2, -0.15) is 0 Å². The molecule has 0 aromatic carbocycles. The van der Waals surface area contributed by atoms with Crippen molar-refractivity contribution < 1.29 is 23.9 Å². The van der Waals surface area contributed by atoms with Gasteiger partial charge in [0, 0.05) is 25.7 Å². The molecule has 0 aromatic rings. The molecule has 9 heteroatoms. The van der Waals surface area contributed by atoms with Gasteiger partial charge in [0.2, 0.25) is 17.7 Å². The van der Waals surface area contributed by atoms with Crippen LogP contribution in [0.5, 0.6) is 0 Å². The molecule has 0 spiro atoms. The number of rotatable bonds is 12. The van der Waals surface area contributed by atoms with Crippen LogP contribution in [0.1, 0.15) is 74.7 Å². The summed E-state index contributed by atoms with van der Waals surface area (Å²) in [5.41, 5.74) is 0.435. The number of amides is 3. The number of nitrogens with zero attached hydrogens (tertiary/aromatic N) is 3. The number of nitrogens with one attached hydrogen (secondary N) is 1. The second kappa shape index (κ2) is 15.1. The number of piperidine rings is 1. The minimum absolute atomic E-state index is 0.0188. The van der Waals surface area contributed by atoms with Crippen LogP contribution in [0.4, 0.5) is 0 Å². The number of likely N-dealkylation sites (N-methyl/N-ethyl adjacent to an activating group) is 2. The average Bonchev–Trinajstić information content (AvgIpc) is 2.83. The number of hydrogen-bond acceptors (Lipinski definition) is 6. The lowest BCUT2D eigenvalue weighted by Crippen LogP contribution is -2.58. The number of likely N-dealkylation sites (tertiary alicyclic amines) is 1. The van der Waals surface area contributed by atoms with Crippen LogP contribution in [0.3, 0.4) is 0 Å². The van der Waals surface area contributed by atoms with Gasteiger partial charge in [-0.25, -0.2) is 0 Å². The second-order valence-electron chi connectivity index (χ2n) is 11.1. The molecule has 0 aliphatic carbocycles. The number of ether oxygens (including phenoxy) is 1. The summed E-state index contributed by atoms with van der Waals surface area (Å²) in [5.74, 6) is -1.15. The van der Waals surface area contributed by atoms with Crippen molar-refractivity contribution >= 4 is 23.7 Å². The van der Waals surface area contributed by atoms with E-state index in [2.05, 4.69) is 24.1 Å². The summed E-state index contributed by atoms with van der Waals surface area (Å²) < 4.78 is 4.93. The van der Waals surface area contributed by atoms with Gasteiger partial charge < -0.3 is 19.9 Å². The normalized spacial score (nSPS) is 18.5. The maximum atomic E-state index is 13.7. The van der Waals surface area contributed by atoms with Crippen molar-refractivity contribution in [1.82, 2.24) is 20.0 Å². The Kier molecular flexibility index (Phi) is 13.3. The van der Waals surface area contributed by atoms with Crippen LogP contribution in [-0.2, 0) is 23.9 Å². The molecule has 9 nitrogen and oxygen atoms in total. The molecule has 1 aliphatic rings. The molecule has 1 fully saturated rings. The molecule has 0 saturated carbocycles. The molecular weight excluding hydrogens is 472 g/mol. The van der Waals surface area contributed by atoms with Gasteiger partial charge in [-0.05, 0) is 58.9 Å². The fourth-order valence-electron chi connectivity index (χ4n) is 4.83. The molecule has 1 heterocycles. The molecular formula is C28H50N4O5. The van der Waals surface area contributed by atoms with Gasteiger partial charge in [0.15, 0.2) is 0 Å². The second-order valence-corrected chi connectivity index (χ2v) is 11.1. The van der Waals surface area contributed by atoms with Crippen LogP contribution in [0.25, 0.3) is 0 Å². The van der Waals surface area contributed by atoms with Gasteiger partial charge in [-0.15, -0.1) is 0 Å². The molecule has 3 amide bonds. The zero-order valence-electron chi connectivity index (χ0n) is 24.7. The Morgan fingerprint density at radius 2 is 1.65 bits per heavy atom. The van der Waals surface area contributed by atoms with Gasteiger partial charge in [-0.3, -0.25) is 24.1 Å². The molecule has 37 heavy (non-hydrogen) atoms. The fraction of sp³-hybridized carbons (Fsp3) is 0.786. The lowest BCUT2D eigenvalue weighted by atomic mass is 9.95. The van der Waals surface area contributed by atoms with E-state index in [9.17, 15) is 19.2 Å². The topological polar surface area (TPSA) is 99.3 Å². The maximum Gasteiger partial charge on any atom is 0.325 e. The highest BCUT2D eigenvalue weighted by Gasteiger charge is 2.36. The zero-order valence-corrected chi connectivity index (χ0v) is 24.7. The van der Waals surface area contributed by atoms with E-state index in [4.69, 9.17) is 4.74 Å². The van der Waals surface area contributed by atoms with Crippen molar-refractivity contribution in [3.05, 3.63) is 11.6 Å². The molecule has 1 N–H and O–H groups in total. The Labute approximate surface area is 223 Å². The molecule has 1 aliphatic heterocycles. The summed E-state index contributed by atoms with van der Waals surface area (Å²) in [6.07, 6.45) is 4.64. The Morgan fingerprint density at radius 1 is 1.03 bits per heavy atom. The fourth-order valence-corrected chi connectivity index (χ4v) is 4.83. The average molecular weight is 523 g/mol. The van der Waals surface area contributed by atoms with Gasteiger partial charge in [0.25, 0.3) is 0 Å². The van der Waals surface area contributed by atoms with E-state index in [1.807, 2.05) is 27.7 Å². The largest absolute Gasteiger partial charge is 0.465 e. The highest BCUT2D eigenvalue weighted by molar-refractivity contribution is 5.95. The van der Waals surface area contributed by atoms with E-state index in [0.717, 1.165) is 25.8 Å². The Hall–Kier alpha value is -2.42. The van der Waals surface area contributed by atoms with Gasteiger partial charge in [-0.1, -0.05) is 40.2 Å². The van der Waals surface area contributed by atoms with Crippen molar-refractivity contribution in [2.75, 3.05) is 33.8 Å². The Bertz CT molecular complexity index is 823. The molecule has 0 radical (unpaired) electrons. The van der Waals surface area contributed by atoms with Crippen LogP contribution in [0.15, 0.2) is 11.6 Å². The summed E-state index contributed by atoms with van der Waals surface area (Å²) in [5, 5.41) is 3.05. The molecule has 0 aromatic heterocycles. The summed E-state index contributed by atoms with van der Waals surface area (Å²) in [7, 11) is 3.26. The number of carbonyl (C=O) groups excluding carboxylic acids is 4. The monoisotopic (exact) mass is 522 g/mol. The maximum absolute atomic E-state index is 13.7. The highest BCUT2D eigenvalue weighted by atomic mass is 16.5. The van der Waals surface area contributed by atoms with E-state index < -0.39 is 12.0 Å². The van der Waals surface area contributed by atoms with Crippen molar-refractivity contribution in [3.8, 4) is 0 Å². The van der Waals surface area contributed by atoms with Gasteiger partial charge >= 0.3 is 5.97 Å². The third kappa shape index (κ3) is 9.43. The number of carbonyl (C=O) groups is 4. The van der Waals surface area contributed by atoms with Crippen LogP contribution < -0.4 is 5.32 Å². The van der Waals surface area contributed by atoms with Crippen LogP contribution in [0, 0.1) is 11.8 Å². The molecule has 1 rings (SSSR count). The van der Waals surface area contributed by atoms with Crippen molar-refractivity contribution in [3.63, 3.8) is 0 Å². The first-order chi connectivity index (χ1) is 17.2. The zero-order chi connectivity index (χ0) is 28.4. The highest BCUT2D eigenvalue weighted by Crippen LogP contribution is 2.21. The predicted octanol–water partition coefficient (Wildman–Crippen LogP) is 2.84. The van der Waals surface area contributed by atoms with E-state index in [1.54, 1.807) is 38.9 Å². The molecule has 0 bridgehead atoms. The van der Waals surface area contributed by atoms with E-state index >= 15 is 0 Å². The van der Waals surface area contributed by atoms with E-state index in [0.29, 0.717) is 5.57 Å². The third-order valence-electron chi connectivity index (χ3n) is 6.99. The Morgan fingerprint density at radius 3 is 2.16 bits per heavy atom. The molecule has 1 saturated heterocycles. The first kappa shape index (κ1) is 32.6. The molecule has 212 valence electrons. The number of esters is 1. The number of hydrogen-bond donors (Lipinski definition) is 1. The minimum atomic E-state index is -0.675. The van der Waals surface area contributed by atoms with Crippen LogP contribution in [-0.4, -0.2) is 96.3 Å². The predicted molar refractivity (Wildman–Crippen MR) is 146 cm³/mol. The molecule has 1 unspecified atom stereocenters. The van der Waals surface area contributed by atoms with E-state index in [-0.39, 0.29) is 60.8 Å². The summed E-state index contributed by atoms with van der Waals surface area (Å²) >= 11 is 0. The van der Waals surface area contributed by atoms with E-state index in [1.165, 1.54) is 4.90 Å². The first-order valence-electron chi connectivity index (χ1n) is 13.6. The lowest BCUT2D eigenvalue weighted by Gasteiger charge is -2.39. The quantitative estimate of drug-likeness (QED) is 0.313. The summed E-state index contributed by atoms with van der Waals surface area (Å²) in [6.45, 7) is 16.4. The van der Waals surface area contributed by atoms with Crippen LogP contribution >= 0.6 is 0 Å². The smallest absolute Gasteiger partial charge is 0.325 e. The van der Waals surface area contributed by atoms with Gasteiger partial charge in [0.05, 0.1) is 18.7 Å². The Balaban J connectivity index is 3.06. The first-order valence-corrected chi connectivity index (χ1v) is 13.6. The minimum Gasteiger partial charge on any atom is -0.465 e. The van der Waals surface area contributed by atoms with Crippen molar-refractivity contribution in [2.24, 2.45) is 11.8 Å². The third-order valence-corrected chi connectivity index (χ3v) is 6.99.